The number of likely N-dealkylation sites (N-methyl/N-ethyl adjacent to an activating group) is 1. The zero-order valence-electron chi connectivity index (χ0n) is 11.8. The van der Waals surface area contributed by atoms with Crippen LogP contribution >= 0.6 is 15.9 Å². The third kappa shape index (κ3) is 6.59. The van der Waals surface area contributed by atoms with E-state index in [1.807, 2.05) is 44.1 Å². The molecular weight excluding hydrogens is 306 g/mol. The van der Waals surface area contributed by atoms with Crippen molar-refractivity contribution in [2.45, 2.75) is 13.3 Å². The van der Waals surface area contributed by atoms with Crippen molar-refractivity contribution in [2.75, 3.05) is 39.0 Å². The maximum atomic E-state index is 11.6. The summed E-state index contributed by atoms with van der Waals surface area (Å²) < 4.78 is 1.08. The molecule has 2 N–H and O–H groups in total. The minimum Gasteiger partial charge on any atom is -0.384 e. The minimum atomic E-state index is 0.0838. The molecule has 0 aliphatic heterocycles. The Morgan fingerprint density at radius 2 is 2.05 bits per heavy atom. The summed E-state index contributed by atoms with van der Waals surface area (Å²) in [7, 11) is 3.98. The van der Waals surface area contributed by atoms with Crippen molar-refractivity contribution in [3.8, 4) is 0 Å². The van der Waals surface area contributed by atoms with E-state index in [0.29, 0.717) is 19.5 Å². The number of hydrogen-bond acceptors (Lipinski definition) is 3. The van der Waals surface area contributed by atoms with Crippen LogP contribution in [0.4, 0.5) is 5.69 Å². The van der Waals surface area contributed by atoms with Gasteiger partial charge in [0.25, 0.3) is 0 Å². The molecule has 0 saturated carbocycles. The highest BCUT2D eigenvalue weighted by atomic mass is 79.9. The van der Waals surface area contributed by atoms with Crippen LogP contribution in [0.1, 0.15) is 12.0 Å². The number of anilines is 1. The molecule has 0 atom stereocenters. The van der Waals surface area contributed by atoms with Crippen molar-refractivity contribution in [3.63, 3.8) is 0 Å². The van der Waals surface area contributed by atoms with Gasteiger partial charge in [0.2, 0.25) is 5.91 Å². The number of carbonyl (C=O) groups excluding carboxylic acids is 1. The Balaban J connectivity index is 2.22. The molecule has 0 aromatic heterocycles. The molecule has 0 aliphatic carbocycles. The minimum absolute atomic E-state index is 0.0838. The van der Waals surface area contributed by atoms with Crippen molar-refractivity contribution in [1.82, 2.24) is 10.2 Å². The molecule has 106 valence electrons. The van der Waals surface area contributed by atoms with E-state index in [1.165, 1.54) is 5.56 Å². The predicted molar refractivity (Wildman–Crippen MR) is 83.5 cm³/mol. The molecule has 0 saturated heterocycles. The third-order valence-corrected chi connectivity index (χ3v) is 3.59. The topological polar surface area (TPSA) is 44.4 Å². The number of carbonyl (C=O) groups is 1. The summed E-state index contributed by atoms with van der Waals surface area (Å²) in [4.78, 5) is 13.6. The van der Waals surface area contributed by atoms with Gasteiger partial charge in [-0.05, 0) is 38.7 Å². The van der Waals surface area contributed by atoms with E-state index in [1.54, 1.807) is 0 Å². The first-order valence-electron chi connectivity index (χ1n) is 6.40. The highest BCUT2D eigenvalue weighted by Crippen LogP contribution is 2.20. The fraction of sp³-hybridized carbons (Fsp3) is 0.500. The molecule has 0 aliphatic rings. The summed E-state index contributed by atoms with van der Waals surface area (Å²) in [5, 5.41) is 6.13. The average Bonchev–Trinajstić information content (AvgIpc) is 2.33. The number of nitrogens with zero attached hydrogens (tertiary/aromatic N) is 1. The summed E-state index contributed by atoms with van der Waals surface area (Å²) in [6, 6.07) is 6.09. The van der Waals surface area contributed by atoms with Crippen LogP contribution < -0.4 is 10.6 Å². The van der Waals surface area contributed by atoms with E-state index >= 15 is 0 Å². The van der Waals surface area contributed by atoms with Gasteiger partial charge in [0, 0.05) is 36.2 Å². The van der Waals surface area contributed by atoms with E-state index in [-0.39, 0.29) is 5.91 Å². The van der Waals surface area contributed by atoms with Gasteiger partial charge in [-0.25, -0.2) is 0 Å². The summed E-state index contributed by atoms with van der Waals surface area (Å²) in [6.45, 7) is 4.25. The average molecular weight is 328 g/mol. The van der Waals surface area contributed by atoms with E-state index in [9.17, 15) is 4.79 Å². The molecule has 5 heteroatoms. The second-order valence-corrected chi connectivity index (χ2v) is 5.65. The SMILES string of the molecule is Cc1ccc(NCCC(=O)NCCN(C)C)cc1Br. The van der Waals surface area contributed by atoms with Crippen LogP contribution in [0.15, 0.2) is 22.7 Å². The number of rotatable bonds is 7. The van der Waals surface area contributed by atoms with E-state index in [4.69, 9.17) is 0 Å². The number of benzene rings is 1. The van der Waals surface area contributed by atoms with Gasteiger partial charge in [-0.1, -0.05) is 22.0 Å². The van der Waals surface area contributed by atoms with Crippen molar-refractivity contribution in [1.29, 1.82) is 0 Å². The first-order valence-corrected chi connectivity index (χ1v) is 7.20. The lowest BCUT2D eigenvalue weighted by molar-refractivity contribution is -0.120. The fourth-order valence-corrected chi connectivity index (χ4v) is 1.91. The summed E-state index contributed by atoms with van der Waals surface area (Å²) in [5.41, 5.74) is 2.23. The molecule has 19 heavy (non-hydrogen) atoms. The second kappa shape index (κ2) is 8.17. The standard InChI is InChI=1S/C14H22BrN3O/c1-11-4-5-12(10-13(11)15)16-7-6-14(19)17-8-9-18(2)3/h4-5,10,16H,6-9H2,1-3H3,(H,17,19). The maximum Gasteiger partial charge on any atom is 0.221 e. The van der Waals surface area contributed by atoms with E-state index in [0.717, 1.165) is 16.7 Å². The monoisotopic (exact) mass is 327 g/mol. The molecule has 1 rings (SSSR count). The van der Waals surface area contributed by atoms with E-state index < -0.39 is 0 Å². The zero-order valence-corrected chi connectivity index (χ0v) is 13.4. The zero-order chi connectivity index (χ0) is 14.3. The van der Waals surface area contributed by atoms with Crippen molar-refractivity contribution >= 4 is 27.5 Å². The molecule has 1 amide bonds. The number of aryl methyl sites for hydroxylation is 1. The van der Waals surface area contributed by atoms with Crippen LogP contribution in [0.5, 0.6) is 0 Å². The Labute approximate surface area is 123 Å². The van der Waals surface area contributed by atoms with Gasteiger partial charge in [0.05, 0.1) is 0 Å². The molecule has 0 fully saturated rings. The molecule has 1 aromatic carbocycles. The lowest BCUT2D eigenvalue weighted by atomic mass is 10.2. The first-order chi connectivity index (χ1) is 8.99. The van der Waals surface area contributed by atoms with Gasteiger partial charge in [-0.15, -0.1) is 0 Å². The summed E-state index contributed by atoms with van der Waals surface area (Å²) in [6.07, 6.45) is 0.485. The van der Waals surface area contributed by atoms with E-state index in [2.05, 4.69) is 26.6 Å². The second-order valence-electron chi connectivity index (χ2n) is 4.79. The van der Waals surface area contributed by atoms with Crippen LogP contribution in [0.25, 0.3) is 0 Å². The normalized spacial score (nSPS) is 10.6. The molecule has 0 bridgehead atoms. The lowest BCUT2D eigenvalue weighted by Gasteiger charge is -2.11. The first kappa shape index (κ1) is 16.0. The number of halogens is 1. The van der Waals surface area contributed by atoms with Gasteiger partial charge < -0.3 is 15.5 Å². The van der Waals surface area contributed by atoms with Crippen LogP contribution in [-0.2, 0) is 4.79 Å². The molecule has 1 aromatic rings. The molecule has 0 spiro atoms. The van der Waals surface area contributed by atoms with Gasteiger partial charge in [-0.3, -0.25) is 4.79 Å². The lowest BCUT2D eigenvalue weighted by Crippen LogP contribution is -2.32. The van der Waals surface area contributed by atoms with Gasteiger partial charge in [-0.2, -0.15) is 0 Å². The Morgan fingerprint density at radius 3 is 2.68 bits per heavy atom. The Morgan fingerprint density at radius 1 is 1.32 bits per heavy atom. The molecule has 4 nitrogen and oxygen atoms in total. The number of amides is 1. The Hall–Kier alpha value is -1.07. The highest BCUT2D eigenvalue weighted by molar-refractivity contribution is 9.10. The van der Waals surface area contributed by atoms with Gasteiger partial charge in [0.15, 0.2) is 0 Å². The maximum absolute atomic E-state index is 11.6. The Bertz CT molecular complexity index is 421. The van der Waals surface area contributed by atoms with Crippen LogP contribution in [0.3, 0.4) is 0 Å². The third-order valence-electron chi connectivity index (χ3n) is 2.73. The predicted octanol–water partition coefficient (Wildman–Crippen LogP) is 2.24. The number of hydrogen-bond donors (Lipinski definition) is 2. The van der Waals surface area contributed by atoms with Crippen molar-refractivity contribution in [3.05, 3.63) is 28.2 Å². The highest BCUT2D eigenvalue weighted by Gasteiger charge is 2.01. The van der Waals surface area contributed by atoms with Gasteiger partial charge >= 0.3 is 0 Å². The van der Waals surface area contributed by atoms with Crippen LogP contribution in [0.2, 0.25) is 0 Å². The van der Waals surface area contributed by atoms with Crippen molar-refractivity contribution < 1.29 is 4.79 Å². The molecule has 0 radical (unpaired) electrons. The smallest absolute Gasteiger partial charge is 0.221 e. The van der Waals surface area contributed by atoms with Crippen LogP contribution in [-0.4, -0.2) is 44.5 Å². The van der Waals surface area contributed by atoms with Gasteiger partial charge in [0.1, 0.15) is 0 Å². The summed E-state index contributed by atoms with van der Waals surface area (Å²) in [5.74, 6) is 0.0838. The largest absolute Gasteiger partial charge is 0.384 e. The fourth-order valence-electron chi connectivity index (χ4n) is 1.53. The van der Waals surface area contributed by atoms with Crippen LogP contribution in [0, 0.1) is 6.92 Å². The van der Waals surface area contributed by atoms with Crippen molar-refractivity contribution in [2.24, 2.45) is 0 Å². The Kier molecular flexibility index (Phi) is 6.87. The molecular formula is C14H22BrN3O. The molecule has 0 unspecified atom stereocenters. The number of nitrogens with one attached hydrogen (secondary N) is 2. The quantitative estimate of drug-likeness (QED) is 0.807. The summed E-state index contributed by atoms with van der Waals surface area (Å²) >= 11 is 3.49. The molecule has 0 heterocycles.